The lowest BCUT2D eigenvalue weighted by Crippen LogP contribution is -2.64. The smallest absolute Gasteiger partial charge is 0.336 e. The van der Waals surface area contributed by atoms with Crippen molar-refractivity contribution in [2.75, 3.05) is 36.5 Å². The Morgan fingerprint density at radius 2 is 1.81 bits per heavy atom. The number of carbonyl (C=O) groups excluding carboxylic acids is 1. The molecule has 12 heteroatoms. The zero-order chi connectivity index (χ0) is 41.0. The first kappa shape index (κ1) is 39.4. The number of ether oxygens (including phenoxy) is 1. The number of para-hydroxylation sites is 1. The molecule has 11 nitrogen and oxygen atoms in total. The first-order valence-corrected chi connectivity index (χ1v) is 21.8. The second-order valence-electron chi connectivity index (χ2n) is 18.5. The lowest BCUT2D eigenvalue weighted by atomic mass is 9.39. The average molecular weight is 812 g/mol. The highest BCUT2D eigenvalue weighted by atomic mass is 32.1. The van der Waals surface area contributed by atoms with Crippen molar-refractivity contribution < 1.29 is 19.4 Å². The molecule has 1 aliphatic heterocycles. The van der Waals surface area contributed by atoms with Crippen LogP contribution >= 0.6 is 11.3 Å². The Bertz CT molecular complexity index is 2430. The maximum atomic E-state index is 13.8. The Balaban J connectivity index is 0.985. The summed E-state index contributed by atoms with van der Waals surface area (Å²) in [6.07, 6.45) is 17.9. The van der Waals surface area contributed by atoms with Gasteiger partial charge in [0, 0.05) is 61.2 Å². The van der Waals surface area contributed by atoms with E-state index in [1.165, 1.54) is 17.8 Å². The van der Waals surface area contributed by atoms with Crippen LogP contribution in [0.25, 0.3) is 21.3 Å². The van der Waals surface area contributed by atoms with Crippen LogP contribution in [0.1, 0.15) is 103 Å². The predicted octanol–water partition coefficient (Wildman–Crippen LogP) is 8.52. The summed E-state index contributed by atoms with van der Waals surface area (Å²) in [4.78, 5) is 38.4. The monoisotopic (exact) mass is 811 g/mol. The molecule has 0 spiro atoms. The van der Waals surface area contributed by atoms with Gasteiger partial charge in [0.15, 0.2) is 5.13 Å². The number of nitrogens with zero attached hydrogens (tertiary/aromatic N) is 5. The number of hydrogen-bond donors (Lipinski definition) is 3. The Morgan fingerprint density at radius 1 is 1.00 bits per heavy atom. The van der Waals surface area contributed by atoms with Gasteiger partial charge >= 0.3 is 5.97 Å². The summed E-state index contributed by atoms with van der Waals surface area (Å²) in [6, 6.07) is 15.2. The van der Waals surface area contributed by atoms with E-state index in [9.17, 15) is 14.7 Å². The number of hydrogen-bond acceptors (Lipinski definition) is 9. The van der Waals surface area contributed by atoms with Gasteiger partial charge in [0.2, 0.25) is 0 Å². The fourth-order valence-corrected chi connectivity index (χ4v) is 13.2. The molecule has 4 saturated carbocycles. The first-order chi connectivity index (χ1) is 28.4. The number of unbranched alkanes of at least 4 members (excludes halogenated alkanes) is 1. The van der Waals surface area contributed by atoms with Crippen LogP contribution in [0.5, 0.6) is 0 Å². The minimum atomic E-state index is -1.02. The van der Waals surface area contributed by atoms with E-state index in [0.717, 1.165) is 97.2 Å². The Hall–Kier alpha value is -5.09. The third kappa shape index (κ3) is 7.53. The second-order valence-corrected chi connectivity index (χ2v) is 19.5. The molecule has 4 heterocycles. The molecule has 1 amide bonds. The largest absolute Gasteiger partial charge is 0.478 e. The Labute approximate surface area is 350 Å². The van der Waals surface area contributed by atoms with Crippen LogP contribution in [0.2, 0.25) is 0 Å². The van der Waals surface area contributed by atoms with Gasteiger partial charge < -0.3 is 20.1 Å². The average Bonchev–Trinajstić information content (AvgIpc) is 3.76. The van der Waals surface area contributed by atoms with E-state index in [2.05, 4.69) is 58.0 Å². The van der Waals surface area contributed by atoms with Crippen LogP contribution in [0.15, 0.2) is 60.9 Å². The number of carbonyl (C=O) groups is 2. The quantitative estimate of drug-likeness (QED) is 0.0746. The lowest BCUT2D eigenvalue weighted by molar-refractivity contribution is -0.247. The number of nitrogens with one attached hydrogen (secondary N) is 2. The summed E-state index contributed by atoms with van der Waals surface area (Å²) in [7, 11) is 0. The van der Waals surface area contributed by atoms with Crippen LogP contribution in [-0.2, 0) is 24.2 Å². The number of anilines is 2. The van der Waals surface area contributed by atoms with E-state index in [-0.39, 0.29) is 33.3 Å². The fraction of sp³-hybridized carbons (Fsp3) is 0.468. The minimum absolute atomic E-state index is 0.0127. The molecular formula is C47H53N7O4S. The van der Waals surface area contributed by atoms with Crippen LogP contribution < -0.4 is 15.5 Å². The molecule has 3 N–H and O–H groups in total. The van der Waals surface area contributed by atoms with Gasteiger partial charge in [-0.2, -0.15) is 5.10 Å². The zero-order valence-corrected chi connectivity index (χ0v) is 35.1. The number of carboxylic acid groups (broad SMARTS) is 1. The van der Waals surface area contributed by atoms with Crippen LogP contribution in [0, 0.1) is 35.5 Å². The number of carboxylic acids is 1. The van der Waals surface area contributed by atoms with E-state index in [0.29, 0.717) is 48.2 Å². The molecule has 4 fully saturated rings. The molecule has 10 rings (SSSR count). The number of terminal acetylenes is 1. The standard InChI is InChI=1S/C47H53N7O4S/c1-5-6-9-17-48-19-21-58-47-27-44(3)24-45(4,28-47)26-46(25-44,29-47)30-54-31(2)35(22-50-54)39-34(42(56)57)15-18-49-40(39)53-20-16-32-11-10-12-33(36(32)23-53)41(55)52-43-51-37-13-7-8-14-38(37)59-43/h1,7-8,10-15,18,22,48H,6,9,16-17,19-21,23-30H2,2-4H3,(H,56,57)(H,51,52,55). The van der Waals surface area contributed by atoms with E-state index in [1.54, 1.807) is 12.3 Å². The molecule has 59 heavy (non-hydrogen) atoms. The highest BCUT2D eigenvalue weighted by Gasteiger charge is 2.66. The van der Waals surface area contributed by atoms with Gasteiger partial charge in [0.05, 0.1) is 34.2 Å². The van der Waals surface area contributed by atoms with Crippen molar-refractivity contribution in [1.29, 1.82) is 0 Å². The lowest BCUT2D eigenvalue weighted by Gasteiger charge is -2.69. The molecule has 3 aromatic heterocycles. The van der Waals surface area contributed by atoms with Gasteiger partial charge in [-0.3, -0.25) is 14.8 Å². The first-order valence-electron chi connectivity index (χ1n) is 21.0. The van der Waals surface area contributed by atoms with Gasteiger partial charge in [0.1, 0.15) is 5.82 Å². The summed E-state index contributed by atoms with van der Waals surface area (Å²) >= 11 is 1.45. The number of pyridine rings is 1. The maximum absolute atomic E-state index is 13.8. The van der Waals surface area contributed by atoms with Crippen LogP contribution in [0.3, 0.4) is 0 Å². The summed E-state index contributed by atoms with van der Waals surface area (Å²) in [5.41, 5.74) is 6.07. The third-order valence-corrected chi connectivity index (χ3v) is 14.3. The number of benzene rings is 2. The highest BCUT2D eigenvalue weighted by Crippen LogP contribution is 2.72. The van der Waals surface area contributed by atoms with Crippen molar-refractivity contribution in [3.8, 4) is 23.5 Å². The molecule has 2 unspecified atom stereocenters. The van der Waals surface area contributed by atoms with Crippen LogP contribution in [0.4, 0.5) is 10.9 Å². The molecule has 306 valence electrons. The molecule has 4 bridgehead atoms. The number of rotatable bonds is 14. The molecule has 0 saturated heterocycles. The number of amides is 1. The minimum Gasteiger partial charge on any atom is -0.478 e. The van der Waals surface area contributed by atoms with E-state index in [1.807, 2.05) is 42.6 Å². The van der Waals surface area contributed by atoms with Crippen LogP contribution in [-0.4, -0.2) is 68.6 Å². The van der Waals surface area contributed by atoms with Gasteiger partial charge in [-0.25, -0.2) is 14.8 Å². The van der Waals surface area contributed by atoms with E-state index >= 15 is 0 Å². The molecule has 5 aromatic rings. The van der Waals surface area contributed by atoms with Crippen molar-refractivity contribution in [2.45, 2.75) is 97.2 Å². The molecule has 2 atom stereocenters. The normalized spacial score (nSPS) is 25.6. The molecule has 5 aliphatic rings. The summed E-state index contributed by atoms with van der Waals surface area (Å²) in [5.74, 6) is 2.05. The topological polar surface area (TPSA) is 134 Å². The third-order valence-electron chi connectivity index (χ3n) is 13.4. The summed E-state index contributed by atoms with van der Waals surface area (Å²) < 4.78 is 10.0. The molecule has 0 radical (unpaired) electrons. The SMILES string of the molecule is C#CCCCNCCOC12CC3(C)CC(C)(CC(Cn4ncc(-c5c(C(=O)O)ccnc5N5CCc6cccc(C(=O)Nc7nc8ccccc8s7)c6C5)c4C)(C3)C1)C2. The van der Waals surface area contributed by atoms with E-state index < -0.39 is 5.97 Å². The number of aromatic carboxylic acids is 1. The van der Waals surface area contributed by atoms with Gasteiger partial charge in [-0.15, -0.1) is 12.3 Å². The Morgan fingerprint density at radius 3 is 2.59 bits per heavy atom. The van der Waals surface area contributed by atoms with Crippen molar-refractivity contribution in [2.24, 2.45) is 16.2 Å². The predicted molar refractivity (Wildman–Crippen MR) is 232 cm³/mol. The van der Waals surface area contributed by atoms with Crippen molar-refractivity contribution in [1.82, 2.24) is 25.1 Å². The van der Waals surface area contributed by atoms with Crippen molar-refractivity contribution in [3.63, 3.8) is 0 Å². The molecular weight excluding hydrogens is 759 g/mol. The highest BCUT2D eigenvalue weighted by molar-refractivity contribution is 7.22. The second kappa shape index (κ2) is 15.2. The maximum Gasteiger partial charge on any atom is 0.336 e. The Kier molecular flexibility index (Phi) is 10.1. The molecule has 2 aromatic carbocycles. The number of thiazole rings is 1. The zero-order valence-electron chi connectivity index (χ0n) is 34.3. The van der Waals surface area contributed by atoms with E-state index in [4.69, 9.17) is 21.2 Å². The van der Waals surface area contributed by atoms with Gasteiger partial charge in [-0.05, 0) is 116 Å². The van der Waals surface area contributed by atoms with Gasteiger partial charge in [0.25, 0.3) is 5.91 Å². The van der Waals surface area contributed by atoms with Gasteiger partial charge in [-0.1, -0.05) is 49.4 Å². The van der Waals surface area contributed by atoms with Crippen molar-refractivity contribution in [3.05, 3.63) is 88.9 Å². The fourth-order valence-electron chi connectivity index (χ4n) is 12.3. The summed E-state index contributed by atoms with van der Waals surface area (Å²) in [6.45, 7) is 11.2. The molecule has 4 aliphatic carbocycles. The number of fused-ring (bicyclic) bond motifs is 2. The van der Waals surface area contributed by atoms with Crippen molar-refractivity contribution >= 4 is 44.4 Å². The summed E-state index contributed by atoms with van der Waals surface area (Å²) in [5, 5.41) is 22.7. The number of aromatic nitrogens is 4.